The van der Waals surface area contributed by atoms with E-state index >= 15 is 0 Å². The predicted octanol–water partition coefficient (Wildman–Crippen LogP) is 1.08. The van der Waals surface area contributed by atoms with E-state index in [1.807, 2.05) is 6.92 Å². The molecule has 16 heavy (non-hydrogen) atoms. The lowest BCUT2D eigenvalue weighted by Crippen LogP contribution is -2.26. The number of nitrogens with zero attached hydrogens (tertiary/aromatic N) is 5. The molecule has 0 saturated heterocycles. The highest BCUT2D eigenvalue weighted by molar-refractivity contribution is 5.96. The highest BCUT2D eigenvalue weighted by Crippen LogP contribution is 2.10. The summed E-state index contributed by atoms with van der Waals surface area (Å²) >= 11 is 0. The van der Waals surface area contributed by atoms with Crippen LogP contribution >= 0.6 is 0 Å². The highest BCUT2D eigenvalue weighted by Gasteiger charge is 2.16. The van der Waals surface area contributed by atoms with Crippen molar-refractivity contribution in [2.75, 3.05) is 13.1 Å². The van der Waals surface area contributed by atoms with Crippen molar-refractivity contribution in [1.82, 2.24) is 15.1 Å². The van der Waals surface area contributed by atoms with Crippen LogP contribution in [0, 0.1) is 13.8 Å². The zero-order valence-electron chi connectivity index (χ0n) is 9.56. The van der Waals surface area contributed by atoms with Crippen molar-refractivity contribution in [1.29, 1.82) is 0 Å². The molecule has 7 heteroatoms. The van der Waals surface area contributed by atoms with Gasteiger partial charge in [-0.25, -0.2) is 0 Å². The summed E-state index contributed by atoms with van der Waals surface area (Å²) in [7, 11) is 1.79. The molecule has 0 bridgehead atoms. The van der Waals surface area contributed by atoms with Gasteiger partial charge in [0.1, 0.15) is 0 Å². The zero-order chi connectivity index (χ0) is 12.1. The van der Waals surface area contributed by atoms with Crippen molar-refractivity contribution in [2.24, 2.45) is 12.2 Å². The monoisotopic (exact) mass is 222 g/mol. The third-order valence-electron chi connectivity index (χ3n) is 2.30. The maximum atomic E-state index is 11.8. The minimum atomic E-state index is -0.184. The normalized spacial score (nSPS) is 9.69. The van der Waals surface area contributed by atoms with Crippen molar-refractivity contribution in [3.05, 3.63) is 27.4 Å². The molecule has 0 aliphatic carbocycles. The SMILES string of the molecule is Cc1nn(C)c(C)c1C(=O)NCCN=[N+]=[N-]. The number of aromatic nitrogens is 2. The molecule has 0 unspecified atom stereocenters. The van der Waals surface area contributed by atoms with Gasteiger partial charge < -0.3 is 5.32 Å². The van der Waals surface area contributed by atoms with Gasteiger partial charge in [0.25, 0.3) is 5.91 Å². The molecule has 0 saturated carbocycles. The van der Waals surface area contributed by atoms with Gasteiger partial charge in [0.15, 0.2) is 0 Å². The molecule has 0 aliphatic heterocycles. The smallest absolute Gasteiger partial charge is 0.255 e. The first-order valence-corrected chi connectivity index (χ1v) is 4.87. The summed E-state index contributed by atoms with van der Waals surface area (Å²) in [5, 5.41) is 10.2. The number of carbonyl (C=O) groups is 1. The molecule has 0 fully saturated rings. The fourth-order valence-electron chi connectivity index (χ4n) is 1.45. The number of nitrogens with one attached hydrogen (secondary N) is 1. The van der Waals surface area contributed by atoms with Crippen LogP contribution in [-0.2, 0) is 7.05 Å². The molecule has 1 aromatic rings. The Balaban J connectivity index is 2.69. The van der Waals surface area contributed by atoms with Crippen LogP contribution in [0.1, 0.15) is 21.7 Å². The zero-order valence-corrected chi connectivity index (χ0v) is 9.56. The van der Waals surface area contributed by atoms with Gasteiger partial charge in [-0.1, -0.05) is 5.11 Å². The standard InChI is InChI=1S/C9H14N6O/c1-6-8(7(2)15(3)13-6)9(16)11-4-5-12-14-10/h4-5H2,1-3H3,(H,11,16). The van der Waals surface area contributed by atoms with Gasteiger partial charge in [0, 0.05) is 30.7 Å². The Labute approximate surface area is 93.1 Å². The molecule has 1 amide bonds. The van der Waals surface area contributed by atoms with Gasteiger partial charge in [-0.15, -0.1) is 0 Å². The maximum absolute atomic E-state index is 11.8. The van der Waals surface area contributed by atoms with Crippen molar-refractivity contribution >= 4 is 5.91 Å². The molecule has 86 valence electrons. The number of aryl methyl sites for hydroxylation is 2. The topological polar surface area (TPSA) is 95.7 Å². The Morgan fingerprint density at radius 1 is 1.62 bits per heavy atom. The van der Waals surface area contributed by atoms with Crippen LogP contribution in [0.15, 0.2) is 5.11 Å². The van der Waals surface area contributed by atoms with Gasteiger partial charge in [-0.05, 0) is 19.4 Å². The van der Waals surface area contributed by atoms with Crippen molar-refractivity contribution in [3.63, 3.8) is 0 Å². The van der Waals surface area contributed by atoms with E-state index in [-0.39, 0.29) is 12.5 Å². The van der Waals surface area contributed by atoms with Crippen molar-refractivity contribution in [3.8, 4) is 0 Å². The molecule has 0 aromatic carbocycles. The van der Waals surface area contributed by atoms with E-state index in [9.17, 15) is 4.79 Å². The molecule has 1 aromatic heterocycles. The Kier molecular flexibility index (Phi) is 3.90. The average Bonchev–Trinajstić information content (AvgIpc) is 2.48. The Bertz CT molecular complexity index is 443. The maximum Gasteiger partial charge on any atom is 0.255 e. The lowest BCUT2D eigenvalue weighted by Gasteiger charge is -2.03. The molecule has 1 N–H and O–H groups in total. The van der Waals surface area contributed by atoms with Crippen molar-refractivity contribution < 1.29 is 4.79 Å². The highest BCUT2D eigenvalue weighted by atomic mass is 16.1. The molecule has 0 radical (unpaired) electrons. The van der Waals surface area contributed by atoms with Gasteiger partial charge in [-0.2, -0.15) is 5.10 Å². The molecule has 0 aliphatic rings. The van der Waals surface area contributed by atoms with E-state index in [1.54, 1.807) is 18.7 Å². The molecule has 0 spiro atoms. The van der Waals surface area contributed by atoms with Crippen LogP contribution in [0.25, 0.3) is 10.4 Å². The predicted molar refractivity (Wildman–Crippen MR) is 59.0 cm³/mol. The Morgan fingerprint density at radius 3 is 2.81 bits per heavy atom. The minimum Gasteiger partial charge on any atom is -0.352 e. The van der Waals surface area contributed by atoms with Gasteiger partial charge in [-0.3, -0.25) is 9.48 Å². The summed E-state index contributed by atoms with van der Waals surface area (Å²) in [5.41, 5.74) is 10.2. The number of hydrogen-bond donors (Lipinski definition) is 1. The van der Waals surface area contributed by atoms with Gasteiger partial charge in [0.05, 0.1) is 11.3 Å². The van der Waals surface area contributed by atoms with E-state index < -0.39 is 0 Å². The number of amides is 1. The summed E-state index contributed by atoms with van der Waals surface area (Å²) in [6.45, 7) is 4.20. The molecule has 1 rings (SSSR count). The second-order valence-electron chi connectivity index (χ2n) is 3.38. The van der Waals surface area contributed by atoms with Crippen LogP contribution in [0.2, 0.25) is 0 Å². The molecular weight excluding hydrogens is 208 g/mol. The van der Waals surface area contributed by atoms with Gasteiger partial charge in [0.2, 0.25) is 0 Å². The first kappa shape index (κ1) is 12.1. The summed E-state index contributed by atoms with van der Waals surface area (Å²) in [4.78, 5) is 14.4. The number of carbonyl (C=O) groups excluding carboxylic acids is 1. The van der Waals surface area contributed by atoms with Crippen LogP contribution in [0.3, 0.4) is 0 Å². The summed E-state index contributed by atoms with van der Waals surface area (Å²) in [6.07, 6.45) is 0. The number of azide groups is 1. The third-order valence-corrected chi connectivity index (χ3v) is 2.30. The number of rotatable bonds is 4. The molecule has 1 heterocycles. The van der Waals surface area contributed by atoms with Crippen molar-refractivity contribution in [2.45, 2.75) is 13.8 Å². The Hall–Kier alpha value is -2.01. The minimum absolute atomic E-state index is 0.184. The second-order valence-corrected chi connectivity index (χ2v) is 3.38. The Morgan fingerprint density at radius 2 is 2.31 bits per heavy atom. The molecule has 0 atom stereocenters. The van der Waals surface area contributed by atoms with E-state index in [0.717, 1.165) is 5.69 Å². The first-order valence-electron chi connectivity index (χ1n) is 4.87. The number of hydrogen-bond acceptors (Lipinski definition) is 3. The fourth-order valence-corrected chi connectivity index (χ4v) is 1.45. The van der Waals surface area contributed by atoms with E-state index in [2.05, 4.69) is 20.4 Å². The van der Waals surface area contributed by atoms with E-state index in [1.165, 1.54) is 0 Å². The van der Waals surface area contributed by atoms with Crippen LogP contribution in [-0.4, -0.2) is 28.8 Å². The van der Waals surface area contributed by atoms with Crippen LogP contribution in [0.4, 0.5) is 0 Å². The van der Waals surface area contributed by atoms with Crippen LogP contribution in [0.5, 0.6) is 0 Å². The second kappa shape index (κ2) is 5.18. The fraction of sp³-hybridized carbons (Fsp3) is 0.556. The lowest BCUT2D eigenvalue weighted by molar-refractivity contribution is 0.0953. The van der Waals surface area contributed by atoms with E-state index in [0.29, 0.717) is 17.8 Å². The first-order chi connectivity index (χ1) is 7.57. The molecular formula is C9H14N6O. The lowest BCUT2D eigenvalue weighted by atomic mass is 10.2. The van der Waals surface area contributed by atoms with E-state index in [4.69, 9.17) is 5.53 Å². The molecule has 7 nitrogen and oxygen atoms in total. The van der Waals surface area contributed by atoms with Gasteiger partial charge >= 0.3 is 0 Å². The quantitative estimate of drug-likeness (QED) is 0.357. The average molecular weight is 222 g/mol. The van der Waals surface area contributed by atoms with Crippen LogP contribution < -0.4 is 5.32 Å². The third kappa shape index (κ3) is 2.52. The summed E-state index contributed by atoms with van der Waals surface area (Å²) in [5.74, 6) is -0.184. The summed E-state index contributed by atoms with van der Waals surface area (Å²) in [6, 6.07) is 0. The largest absolute Gasteiger partial charge is 0.352 e. The summed E-state index contributed by atoms with van der Waals surface area (Å²) < 4.78 is 1.66.